The maximum atomic E-state index is 11.4. The Balaban J connectivity index is 2.08. The van der Waals surface area contributed by atoms with Crippen molar-refractivity contribution in [1.82, 2.24) is 4.57 Å². The van der Waals surface area contributed by atoms with E-state index in [0.29, 0.717) is 5.69 Å². The van der Waals surface area contributed by atoms with Crippen molar-refractivity contribution >= 4 is 32.3 Å². The molecular formula is C16H15N3O4S. The molecule has 0 aliphatic carbocycles. The Morgan fingerprint density at radius 3 is 2.38 bits per heavy atom. The van der Waals surface area contributed by atoms with Gasteiger partial charge in [0.15, 0.2) is 0 Å². The quantitative estimate of drug-likeness (QED) is 0.580. The summed E-state index contributed by atoms with van der Waals surface area (Å²) < 4.78 is 27.1. The van der Waals surface area contributed by atoms with Gasteiger partial charge in [-0.15, -0.1) is 0 Å². The van der Waals surface area contributed by atoms with Gasteiger partial charge in [-0.25, -0.2) is 8.42 Å². The molecule has 7 nitrogen and oxygen atoms in total. The number of fused-ring (bicyclic) bond motifs is 1. The average molecular weight is 345 g/mol. The van der Waals surface area contributed by atoms with E-state index in [9.17, 15) is 18.5 Å². The molecule has 1 heterocycles. The number of aromatic nitrogens is 1. The fourth-order valence-electron chi connectivity index (χ4n) is 2.65. The Labute approximate surface area is 138 Å². The Morgan fingerprint density at radius 2 is 1.79 bits per heavy atom. The number of nitro benzene ring substituents is 1. The summed E-state index contributed by atoms with van der Waals surface area (Å²) in [6.45, 7) is 0. The van der Waals surface area contributed by atoms with Crippen molar-refractivity contribution in [2.75, 3.05) is 11.0 Å². The van der Waals surface area contributed by atoms with Gasteiger partial charge in [-0.3, -0.25) is 14.8 Å². The highest BCUT2D eigenvalue weighted by Crippen LogP contribution is 2.32. The molecule has 0 amide bonds. The van der Waals surface area contributed by atoms with Crippen molar-refractivity contribution in [2.24, 2.45) is 7.05 Å². The third kappa shape index (κ3) is 3.09. The van der Waals surface area contributed by atoms with Gasteiger partial charge in [0.1, 0.15) is 0 Å². The Hall–Kier alpha value is -2.87. The molecule has 0 aliphatic rings. The van der Waals surface area contributed by atoms with Gasteiger partial charge >= 0.3 is 0 Å². The molecule has 0 atom stereocenters. The predicted octanol–water partition coefficient (Wildman–Crippen LogP) is 3.13. The van der Waals surface area contributed by atoms with Crippen LogP contribution in [0.15, 0.2) is 48.7 Å². The molecule has 0 fully saturated rings. The van der Waals surface area contributed by atoms with Gasteiger partial charge in [0.2, 0.25) is 10.0 Å². The average Bonchev–Trinajstić information content (AvgIpc) is 2.82. The fourth-order valence-corrected chi connectivity index (χ4v) is 3.21. The maximum absolute atomic E-state index is 11.4. The van der Waals surface area contributed by atoms with Crippen LogP contribution in [0.3, 0.4) is 0 Å². The third-order valence-corrected chi connectivity index (χ3v) is 4.29. The number of hydrogen-bond donors (Lipinski definition) is 1. The minimum absolute atomic E-state index is 0.0404. The number of sulfonamides is 1. The molecule has 0 saturated carbocycles. The molecule has 24 heavy (non-hydrogen) atoms. The zero-order valence-corrected chi connectivity index (χ0v) is 13.9. The van der Waals surface area contributed by atoms with Crippen molar-refractivity contribution in [3.63, 3.8) is 0 Å². The minimum atomic E-state index is -3.34. The van der Waals surface area contributed by atoms with Crippen LogP contribution in [0, 0.1) is 10.1 Å². The van der Waals surface area contributed by atoms with Crippen LogP contribution >= 0.6 is 0 Å². The van der Waals surface area contributed by atoms with Crippen LogP contribution in [-0.4, -0.2) is 24.2 Å². The Bertz CT molecular complexity index is 1040. The number of non-ortho nitro benzene ring substituents is 1. The number of benzene rings is 2. The molecule has 0 radical (unpaired) electrons. The summed E-state index contributed by atoms with van der Waals surface area (Å²) in [5.74, 6) is 0. The number of aryl methyl sites for hydroxylation is 1. The predicted molar refractivity (Wildman–Crippen MR) is 93.5 cm³/mol. The van der Waals surface area contributed by atoms with E-state index < -0.39 is 14.9 Å². The minimum Gasteiger partial charge on any atom is -0.350 e. The summed E-state index contributed by atoms with van der Waals surface area (Å²) in [4.78, 5) is 10.3. The largest absolute Gasteiger partial charge is 0.350 e. The maximum Gasteiger partial charge on any atom is 0.269 e. The SMILES string of the molecule is Cn1cc(-c2ccc([N+](=O)[O-])cc2)c2ccc(NS(C)(=O)=O)cc21. The first-order chi connectivity index (χ1) is 11.2. The standard InChI is InChI=1S/C16H15N3O4S/c1-18-10-15(11-3-6-13(7-4-11)19(20)21)14-8-5-12(9-16(14)18)17-24(2,22)23/h3-10,17H,1-2H3. The zero-order valence-electron chi connectivity index (χ0n) is 13.1. The van der Waals surface area contributed by atoms with Gasteiger partial charge < -0.3 is 4.57 Å². The smallest absolute Gasteiger partial charge is 0.269 e. The Morgan fingerprint density at radius 1 is 1.12 bits per heavy atom. The van der Waals surface area contributed by atoms with E-state index in [1.54, 1.807) is 24.3 Å². The second-order valence-corrected chi connectivity index (χ2v) is 7.31. The molecule has 3 aromatic rings. The van der Waals surface area contributed by atoms with E-state index >= 15 is 0 Å². The van der Waals surface area contributed by atoms with Crippen LogP contribution in [0.25, 0.3) is 22.0 Å². The van der Waals surface area contributed by atoms with Crippen LogP contribution in [0.2, 0.25) is 0 Å². The van der Waals surface area contributed by atoms with Crippen LogP contribution in [-0.2, 0) is 17.1 Å². The summed E-state index contributed by atoms with van der Waals surface area (Å²) in [6.07, 6.45) is 3.01. The molecule has 0 unspecified atom stereocenters. The van der Waals surface area contributed by atoms with E-state index in [1.165, 1.54) is 12.1 Å². The van der Waals surface area contributed by atoms with Gasteiger partial charge in [0, 0.05) is 36.3 Å². The van der Waals surface area contributed by atoms with E-state index in [-0.39, 0.29) is 5.69 Å². The first-order valence-electron chi connectivity index (χ1n) is 7.06. The molecule has 0 aliphatic heterocycles. The lowest BCUT2D eigenvalue weighted by atomic mass is 10.0. The number of anilines is 1. The van der Waals surface area contributed by atoms with E-state index in [4.69, 9.17) is 0 Å². The lowest BCUT2D eigenvalue weighted by Crippen LogP contribution is -2.09. The number of rotatable bonds is 4. The van der Waals surface area contributed by atoms with Crippen LogP contribution < -0.4 is 4.72 Å². The van der Waals surface area contributed by atoms with Gasteiger partial charge in [-0.05, 0) is 29.8 Å². The first kappa shape index (κ1) is 16.0. The van der Waals surface area contributed by atoms with Crippen molar-refractivity contribution in [1.29, 1.82) is 0 Å². The summed E-state index contributed by atoms with van der Waals surface area (Å²) in [6, 6.07) is 11.6. The van der Waals surface area contributed by atoms with E-state index in [1.807, 2.05) is 23.9 Å². The third-order valence-electron chi connectivity index (χ3n) is 3.68. The van der Waals surface area contributed by atoms with Crippen LogP contribution in [0.4, 0.5) is 11.4 Å². The molecule has 1 N–H and O–H groups in total. The molecule has 124 valence electrons. The monoisotopic (exact) mass is 345 g/mol. The summed E-state index contributed by atoms with van der Waals surface area (Å²) in [5, 5.41) is 11.7. The second-order valence-electron chi connectivity index (χ2n) is 5.56. The fraction of sp³-hybridized carbons (Fsp3) is 0.125. The van der Waals surface area contributed by atoms with Crippen molar-refractivity contribution < 1.29 is 13.3 Å². The normalized spacial score (nSPS) is 11.6. The number of nitrogens with one attached hydrogen (secondary N) is 1. The molecule has 3 rings (SSSR count). The lowest BCUT2D eigenvalue weighted by Gasteiger charge is -2.05. The molecular weight excluding hydrogens is 330 g/mol. The second kappa shape index (κ2) is 5.64. The molecule has 2 aromatic carbocycles. The summed E-state index contributed by atoms with van der Waals surface area (Å²) in [7, 11) is -1.48. The van der Waals surface area contributed by atoms with Crippen molar-refractivity contribution in [2.45, 2.75) is 0 Å². The topological polar surface area (TPSA) is 94.2 Å². The zero-order chi connectivity index (χ0) is 17.5. The van der Waals surface area contributed by atoms with Crippen LogP contribution in [0.1, 0.15) is 0 Å². The van der Waals surface area contributed by atoms with Crippen molar-refractivity contribution in [3.8, 4) is 11.1 Å². The molecule has 1 aromatic heterocycles. The van der Waals surface area contributed by atoms with E-state index in [2.05, 4.69) is 4.72 Å². The van der Waals surface area contributed by atoms with Gasteiger partial charge in [-0.2, -0.15) is 0 Å². The van der Waals surface area contributed by atoms with Gasteiger partial charge in [-0.1, -0.05) is 6.07 Å². The number of nitrogens with zero attached hydrogens (tertiary/aromatic N) is 2. The van der Waals surface area contributed by atoms with Crippen LogP contribution in [0.5, 0.6) is 0 Å². The molecule has 0 saturated heterocycles. The van der Waals surface area contributed by atoms with Gasteiger partial charge in [0.25, 0.3) is 5.69 Å². The summed E-state index contributed by atoms with van der Waals surface area (Å²) >= 11 is 0. The molecule has 8 heteroatoms. The summed E-state index contributed by atoms with van der Waals surface area (Å²) in [5.41, 5.74) is 3.17. The van der Waals surface area contributed by atoms with Crippen molar-refractivity contribution in [3.05, 3.63) is 58.8 Å². The molecule has 0 spiro atoms. The number of nitro groups is 1. The lowest BCUT2D eigenvalue weighted by molar-refractivity contribution is -0.384. The van der Waals surface area contributed by atoms with Gasteiger partial charge in [0.05, 0.1) is 22.4 Å². The highest BCUT2D eigenvalue weighted by molar-refractivity contribution is 7.92. The molecule has 0 bridgehead atoms. The Kier molecular flexibility index (Phi) is 3.76. The van der Waals surface area contributed by atoms with E-state index in [0.717, 1.165) is 28.3 Å². The number of hydrogen-bond acceptors (Lipinski definition) is 4. The highest BCUT2D eigenvalue weighted by Gasteiger charge is 2.12. The highest BCUT2D eigenvalue weighted by atomic mass is 32.2. The first-order valence-corrected chi connectivity index (χ1v) is 8.95.